The van der Waals surface area contributed by atoms with E-state index in [2.05, 4.69) is 10.3 Å². The number of aromatic nitrogens is 1. The number of oxazole rings is 1. The van der Waals surface area contributed by atoms with E-state index in [4.69, 9.17) is 4.42 Å². The molecule has 3 rings (SSSR count). The molecule has 1 N–H and O–H groups in total. The van der Waals surface area contributed by atoms with E-state index >= 15 is 0 Å². The monoisotopic (exact) mass is 284 g/mol. The molecule has 0 fully saturated rings. The van der Waals surface area contributed by atoms with Crippen LogP contribution in [0.15, 0.2) is 46.9 Å². The maximum absolute atomic E-state index is 14.1. The molecule has 1 atom stereocenters. The third kappa shape index (κ3) is 2.81. The van der Waals surface area contributed by atoms with Gasteiger partial charge in [-0.1, -0.05) is 24.3 Å². The third-order valence-corrected chi connectivity index (χ3v) is 3.60. The third-order valence-electron chi connectivity index (χ3n) is 3.60. The van der Waals surface area contributed by atoms with Crippen molar-refractivity contribution in [3.05, 3.63) is 65.3 Å². The summed E-state index contributed by atoms with van der Waals surface area (Å²) in [6, 6.07) is 12.7. The van der Waals surface area contributed by atoms with Crippen molar-refractivity contribution in [1.29, 1.82) is 0 Å². The van der Waals surface area contributed by atoms with Gasteiger partial charge in [0.05, 0.1) is 0 Å². The molecule has 0 bridgehead atoms. The minimum atomic E-state index is -0.203. The average molecular weight is 284 g/mol. The van der Waals surface area contributed by atoms with Gasteiger partial charge in [-0.25, -0.2) is 9.37 Å². The van der Waals surface area contributed by atoms with Crippen molar-refractivity contribution in [3.8, 4) is 0 Å². The van der Waals surface area contributed by atoms with Crippen molar-refractivity contribution < 1.29 is 8.81 Å². The lowest BCUT2D eigenvalue weighted by Crippen LogP contribution is -2.20. The van der Waals surface area contributed by atoms with Gasteiger partial charge in [0.2, 0.25) is 0 Å². The normalized spacial score (nSPS) is 12.7. The zero-order chi connectivity index (χ0) is 14.8. The van der Waals surface area contributed by atoms with E-state index in [0.717, 1.165) is 16.7 Å². The highest BCUT2D eigenvalue weighted by Gasteiger charge is 2.17. The molecular weight excluding hydrogens is 267 g/mol. The number of likely N-dealkylation sites (N-methyl/N-ethyl adjacent to an activating group) is 1. The fourth-order valence-electron chi connectivity index (χ4n) is 2.46. The number of nitrogens with zero attached hydrogens (tertiary/aromatic N) is 1. The van der Waals surface area contributed by atoms with Crippen LogP contribution in [-0.4, -0.2) is 12.0 Å². The molecule has 0 saturated heterocycles. The van der Waals surface area contributed by atoms with Crippen LogP contribution in [0.4, 0.5) is 4.39 Å². The van der Waals surface area contributed by atoms with E-state index in [1.54, 1.807) is 6.07 Å². The van der Waals surface area contributed by atoms with Gasteiger partial charge in [0.1, 0.15) is 11.3 Å². The van der Waals surface area contributed by atoms with Crippen LogP contribution in [0.3, 0.4) is 0 Å². The van der Waals surface area contributed by atoms with Crippen LogP contribution in [0.2, 0.25) is 0 Å². The number of aryl methyl sites for hydroxylation is 1. The minimum Gasteiger partial charge on any atom is -0.441 e. The second-order valence-corrected chi connectivity index (χ2v) is 5.15. The lowest BCUT2D eigenvalue weighted by atomic mass is 10.0. The second-order valence-electron chi connectivity index (χ2n) is 5.15. The fraction of sp³-hybridized carbons (Fsp3) is 0.235. The number of fused-ring (bicyclic) bond motifs is 1. The molecule has 3 aromatic rings. The molecule has 1 unspecified atom stereocenters. The largest absolute Gasteiger partial charge is 0.441 e. The second kappa shape index (κ2) is 5.66. The van der Waals surface area contributed by atoms with Gasteiger partial charge in [0.15, 0.2) is 11.5 Å². The number of hydrogen-bond acceptors (Lipinski definition) is 3. The fourth-order valence-corrected chi connectivity index (χ4v) is 2.46. The lowest BCUT2D eigenvalue weighted by Gasteiger charge is -2.16. The van der Waals surface area contributed by atoms with Gasteiger partial charge in [-0.3, -0.25) is 0 Å². The van der Waals surface area contributed by atoms with Gasteiger partial charge < -0.3 is 9.73 Å². The summed E-state index contributed by atoms with van der Waals surface area (Å²) in [6.07, 6.45) is 0.505. The number of benzene rings is 2. The SMILES string of the molecule is CNC(Cc1nc2ccccc2o1)c1ccc(C)cc1F. The average Bonchev–Trinajstić information content (AvgIpc) is 2.87. The summed E-state index contributed by atoms with van der Waals surface area (Å²) in [7, 11) is 1.81. The highest BCUT2D eigenvalue weighted by Crippen LogP contribution is 2.23. The predicted molar refractivity (Wildman–Crippen MR) is 80.7 cm³/mol. The summed E-state index contributed by atoms with van der Waals surface area (Å²) in [5.74, 6) is 0.404. The maximum Gasteiger partial charge on any atom is 0.197 e. The predicted octanol–water partition coefficient (Wildman–Crippen LogP) is 3.78. The molecule has 0 amide bonds. The summed E-state index contributed by atoms with van der Waals surface area (Å²) in [5.41, 5.74) is 3.12. The van der Waals surface area contributed by atoms with E-state index in [9.17, 15) is 4.39 Å². The van der Waals surface area contributed by atoms with Crippen molar-refractivity contribution in [3.63, 3.8) is 0 Å². The summed E-state index contributed by atoms with van der Waals surface area (Å²) < 4.78 is 19.8. The molecule has 3 nitrogen and oxygen atoms in total. The Hall–Kier alpha value is -2.20. The summed E-state index contributed by atoms with van der Waals surface area (Å²) in [6.45, 7) is 1.88. The van der Waals surface area contributed by atoms with Crippen molar-refractivity contribution in [2.75, 3.05) is 7.05 Å². The van der Waals surface area contributed by atoms with E-state index in [-0.39, 0.29) is 11.9 Å². The van der Waals surface area contributed by atoms with E-state index in [1.165, 1.54) is 0 Å². The highest BCUT2D eigenvalue weighted by atomic mass is 19.1. The Balaban J connectivity index is 1.90. The van der Waals surface area contributed by atoms with Crippen LogP contribution in [0.5, 0.6) is 0 Å². The van der Waals surface area contributed by atoms with Crippen LogP contribution in [0.25, 0.3) is 11.1 Å². The Labute approximate surface area is 122 Å². The molecule has 0 spiro atoms. The first-order valence-corrected chi connectivity index (χ1v) is 6.95. The zero-order valence-electron chi connectivity index (χ0n) is 12.1. The van der Waals surface area contributed by atoms with Crippen LogP contribution in [0.1, 0.15) is 23.1 Å². The molecule has 1 aromatic heterocycles. The van der Waals surface area contributed by atoms with E-state index in [1.807, 2.05) is 50.4 Å². The molecule has 1 heterocycles. The van der Waals surface area contributed by atoms with E-state index in [0.29, 0.717) is 17.9 Å². The number of para-hydroxylation sites is 2. The molecule has 108 valence electrons. The van der Waals surface area contributed by atoms with Crippen LogP contribution in [0, 0.1) is 12.7 Å². The molecule has 0 aliphatic heterocycles. The van der Waals surface area contributed by atoms with Crippen molar-refractivity contribution in [2.24, 2.45) is 0 Å². The molecule has 0 saturated carbocycles. The Bertz CT molecular complexity index is 733. The molecule has 4 heteroatoms. The van der Waals surface area contributed by atoms with Gasteiger partial charge in [0, 0.05) is 18.0 Å². The van der Waals surface area contributed by atoms with Crippen molar-refractivity contribution in [2.45, 2.75) is 19.4 Å². The Morgan fingerprint density at radius 3 is 2.76 bits per heavy atom. The number of nitrogens with one attached hydrogen (secondary N) is 1. The number of rotatable bonds is 4. The molecule has 0 radical (unpaired) electrons. The first kappa shape index (κ1) is 13.8. The molecule has 21 heavy (non-hydrogen) atoms. The molecule has 2 aromatic carbocycles. The minimum absolute atomic E-state index is 0.168. The Morgan fingerprint density at radius 2 is 2.05 bits per heavy atom. The van der Waals surface area contributed by atoms with Gasteiger partial charge in [-0.15, -0.1) is 0 Å². The first-order valence-electron chi connectivity index (χ1n) is 6.95. The zero-order valence-corrected chi connectivity index (χ0v) is 12.1. The van der Waals surface area contributed by atoms with Crippen molar-refractivity contribution in [1.82, 2.24) is 10.3 Å². The standard InChI is InChI=1S/C17H17FN2O/c1-11-7-8-12(13(18)9-11)15(19-2)10-17-20-14-5-3-4-6-16(14)21-17/h3-9,15,19H,10H2,1-2H3. The molecule has 0 aliphatic rings. The van der Waals surface area contributed by atoms with Crippen LogP contribution < -0.4 is 5.32 Å². The van der Waals surface area contributed by atoms with Gasteiger partial charge in [-0.2, -0.15) is 0 Å². The van der Waals surface area contributed by atoms with Crippen molar-refractivity contribution >= 4 is 11.1 Å². The molecule has 0 aliphatic carbocycles. The first-order chi connectivity index (χ1) is 10.2. The topological polar surface area (TPSA) is 38.1 Å². The number of hydrogen-bond donors (Lipinski definition) is 1. The highest BCUT2D eigenvalue weighted by molar-refractivity contribution is 5.72. The number of halogens is 1. The summed E-state index contributed by atoms with van der Waals surface area (Å²) in [5, 5.41) is 3.13. The Morgan fingerprint density at radius 1 is 1.24 bits per heavy atom. The quantitative estimate of drug-likeness (QED) is 0.792. The van der Waals surface area contributed by atoms with Gasteiger partial charge in [-0.05, 0) is 37.7 Å². The van der Waals surface area contributed by atoms with Crippen LogP contribution in [-0.2, 0) is 6.42 Å². The Kier molecular flexibility index (Phi) is 3.71. The summed E-state index contributed by atoms with van der Waals surface area (Å²) >= 11 is 0. The van der Waals surface area contributed by atoms with Gasteiger partial charge >= 0.3 is 0 Å². The summed E-state index contributed by atoms with van der Waals surface area (Å²) in [4.78, 5) is 4.44. The smallest absolute Gasteiger partial charge is 0.197 e. The van der Waals surface area contributed by atoms with Gasteiger partial charge in [0.25, 0.3) is 0 Å². The molecular formula is C17H17FN2O. The maximum atomic E-state index is 14.1. The lowest BCUT2D eigenvalue weighted by molar-refractivity contribution is 0.461. The van der Waals surface area contributed by atoms with Crippen LogP contribution >= 0.6 is 0 Å². The van der Waals surface area contributed by atoms with E-state index < -0.39 is 0 Å².